The number of halogens is 2. The predicted octanol–water partition coefficient (Wildman–Crippen LogP) is 3.32. The molecule has 116 valence electrons. The van der Waals surface area contributed by atoms with Gasteiger partial charge in [0.15, 0.2) is 5.76 Å². The molecule has 23 heavy (non-hydrogen) atoms. The first-order chi connectivity index (χ1) is 11.0. The van der Waals surface area contributed by atoms with Crippen LogP contribution in [0.4, 0.5) is 4.39 Å². The van der Waals surface area contributed by atoms with E-state index in [9.17, 15) is 19.1 Å². The summed E-state index contributed by atoms with van der Waals surface area (Å²) in [5.74, 6) is -2.68. The maximum absolute atomic E-state index is 13.7. The van der Waals surface area contributed by atoms with Crippen LogP contribution in [-0.2, 0) is 16.1 Å². The van der Waals surface area contributed by atoms with Crippen LogP contribution in [-0.4, -0.2) is 21.8 Å². The molecule has 0 aromatic heterocycles. The van der Waals surface area contributed by atoms with Crippen molar-refractivity contribution in [1.82, 2.24) is 4.90 Å². The maximum atomic E-state index is 13.7. The van der Waals surface area contributed by atoms with E-state index in [-0.39, 0.29) is 17.7 Å². The Morgan fingerprint density at radius 1 is 1.00 bits per heavy atom. The van der Waals surface area contributed by atoms with E-state index >= 15 is 0 Å². The fraction of sp³-hybridized carbons (Fsp3) is 0.0588. The number of carbonyl (C=O) groups is 2. The van der Waals surface area contributed by atoms with Gasteiger partial charge in [0.25, 0.3) is 11.8 Å². The van der Waals surface area contributed by atoms with Gasteiger partial charge in [0.1, 0.15) is 5.82 Å². The number of aliphatic hydroxyl groups excluding tert-OH is 1. The van der Waals surface area contributed by atoms with Gasteiger partial charge in [-0.3, -0.25) is 14.5 Å². The van der Waals surface area contributed by atoms with Gasteiger partial charge in [-0.15, -0.1) is 0 Å². The zero-order chi connectivity index (χ0) is 16.6. The lowest BCUT2D eigenvalue weighted by Gasteiger charge is -2.15. The van der Waals surface area contributed by atoms with Crippen molar-refractivity contribution < 1.29 is 19.1 Å². The molecule has 2 aromatic carbocycles. The quantitative estimate of drug-likeness (QED) is 0.878. The first kappa shape index (κ1) is 15.2. The highest BCUT2D eigenvalue weighted by Gasteiger charge is 2.39. The lowest BCUT2D eigenvalue weighted by Crippen LogP contribution is -2.31. The number of carbonyl (C=O) groups excluding carboxylic acids is 2. The highest BCUT2D eigenvalue weighted by molar-refractivity contribution is 6.35. The van der Waals surface area contributed by atoms with Crippen molar-refractivity contribution in [3.63, 3.8) is 0 Å². The fourth-order valence-electron chi connectivity index (χ4n) is 2.38. The zero-order valence-electron chi connectivity index (χ0n) is 11.8. The van der Waals surface area contributed by atoms with Crippen LogP contribution in [0.5, 0.6) is 0 Å². The summed E-state index contributed by atoms with van der Waals surface area (Å²) in [6.45, 7) is -0.245. The fourth-order valence-corrected chi connectivity index (χ4v) is 2.51. The van der Waals surface area contributed by atoms with Crippen molar-refractivity contribution in [1.29, 1.82) is 0 Å². The average molecular weight is 332 g/mol. The van der Waals surface area contributed by atoms with Gasteiger partial charge in [0, 0.05) is 10.6 Å². The van der Waals surface area contributed by atoms with Crippen LogP contribution < -0.4 is 0 Å². The number of imide groups is 1. The number of nitrogens with zero attached hydrogens (tertiary/aromatic N) is 1. The Morgan fingerprint density at radius 3 is 2.30 bits per heavy atom. The van der Waals surface area contributed by atoms with E-state index in [0.717, 1.165) is 4.90 Å². The molecule has 0 atom stereocenters. The molecule has 0 saturated heterocycles. The van der Waals surface area contributed by atoms with Crippen molar-refractivity contribution in [2.24, 2.45) is 0 Å². The summed E-state index contributed by atoms with van der Waals surface area (Å²) < 4.78 is 13.7. The summed E-state index contributed by atoms with van der Waals surface area (Å²) in [7, 11) is 0. The van der Waals surface area contributed by atoms with Crippen LogP contribution in [0.25, 0.3) is 5.57 Å². The highest BCUT2D eigenvalue weighted by Crippen LogP contribution is 2.30. The van der Waals surface area contributed by atoms with Crippen molar-refractivity contribution >= 4 is 29.0 Å². The van der Waals surface area contributed by atoms with Crippen LogP contribution in [0.1, 0.15) is 11.1 Å². The Labute approximate surface area is 136 Å². The van der Waals surface area contributed by atoms with Crippen molar-refractivity contribution in [2.75, 3.05) is 0 Å². The third-order valence-electron chi connectivity index (χ3n) is 3.56. The van der Waals surface area contributed by atoms with Gasteiger partial charge in [-0.2, -0.15) is 0 Å². The first-order valence-electron chi connectivity index (χ1n) is 6.78. The highest BCUT2D eigenvalue weighted by atomic mass is 35.5. The van der Waals surface area contributed by atoms with E-state index in [2.05, 4.69) is 0 Å². The monoisotopic (exact) mass is 331 g/mol. The third-order valence-corrected chi connectivity index (χ3v) is 3.81. The standard InChI is InChI=1S/C17H11ClFNO3/c18-12-7-5-10(6-8-12)14-15(21)17(23)20(16(14)22)9-11-3-1-2-4-13(11)19/h1-8,21H,9H2. The molecule has 1 aliphatic rings. The van der Waals surface area contributed by atoms with Gasteiger partial charge in [0.2, 0.25) is 0 Å². The zero-order valence-corrected chi connectivity index (χ0v) is 12.5. The Morgan fingerprint density at radius 2 is 1.65 bits per heavy atom. The molecular formula is C17H11ClFNO3. The Bertz CT molecular complexity index is 830. The van der Waals surface area contributed by atoms with Gasteiger partial charge in [-0.1, -0.05) is 41.9 Å². The van der Waals surface area contributed by atoms with Crippen molar-refractivity contribution in [3.05, 3.63) is 76.3 Å². The van der Waals surface area contributed by atoms with Crippen LogP contribution in [0.3, 0.4) is 0 Å². The van der Waals surface area contributed by atoms with Crippen LogP contribution >= 0.6 is 11.6 Å². The number of hydrogen-bond donors (Lipinski definition) is 1. The van der Waals surface area contributed by atoms with Crippen molar-refractivity contribution in [3.8, 4) is 0 Å². The SMILES string of the molecule is O=C1C(O)=C(c2ccc(Cl)cc2)C(=O)N1Cc1ccccc1F. The smallest absolute Gasteiger partial charge is 0.296 e. The summed E-state index contributed by atoms with van der Waals surface area (Å²) in [5, 5.41) is 10.5. The van der Waals surface area contributed by atoms with Gasteiger partial charge in [-0.25, -0.2) is 4.39 Å². The molecule has 1 aliphatic heterocycles. The number of hydrogen-bond acceptors (Lipinski definition) is 3. The number of aliphatic hydroxyl groups is 1. The molecule has 2 aromatic rings. The first-order valence-corrected chi connectivity index (χ1v) is 7.15. The third kappa shape index (κ3) is 2.71. The molecule has 6 heteroatoms. The number of rotatable bonds is 3. The number of benzene rings is 2. The van der Waals surface area contributed by atoms with E-state index < -0.39 is 23.4 Å². The van der Waals surface area contributed by atoms with Gasteiger partial charge in [0.05, 0.1) is 12.1 Å². The van der Waals surface area contributed by atoms with Crippen LogP contribution in [0.2, 0.25) is 5.02 Å². The second kappa shape index (κ2) is 5.85. The van der Waals surface area contributed by atoms with E-state index in [4.69, 9.17) is 11.6 Å². The molecule has 0 spiro atoms. The molecule has 0 unspecified atom stereocenters. The molecule has 0 radical (unpaired) electrons. The molecule has 1 heterocycles. The molecule has 3 rings (SSSR count). The molecule has 0 fully saturated rings. The van der Waals surface area contributed by atoms with Gasteiger partial charge >= 0.3 is 0 Å². The summed E-state index contributed by atoms with van der Waals surface area (Å²) in [6, 6.07) is 12.0. The van der Waals surface area contributed by atoms with Crippen molar-refractivity contribution in [2.45, 2.75) is 6.54 Å². The summed E-state index contributed by atoms with van der Waals surface area (Å²) in [6.07, 6.45) is 0. The molecule has 1 N–H and O–H groups in total. The molecule has 2 amide bonds. The molecule has 4 nitrogen and oxygen atoms in total. The summed E-state index contributed by atoms with van der Waals surface area (Å²) >= 11 is 5.79. The molecule has 0 aliphatic carbocycles. The van der Waals surface area contributed by atoms with E-state index in [1.807, 2.05) is 0 Å². The van der Waals surface area contributed by atoms with E-state index in [1.54, 1.807) is 18.2 Å². The number of amides is 2. The largest absolute Gasteiger partial charge is 0.502 e. The second-order valence-electron chi connectivity index (χ2n) is 5.02. The maximum Gasteiger partial charge on any atom is 0.296 e. The van der Waals surface area contributed by atoms with Gasteiger partial charge in [-0.05, 0) is 23.8 Å². The molecule has 0 bridgehead atoms. The second-order valence-corrected chi connectivity index (χ2v) is 5.45. The minimum Gasteiger partial charge on any atom is -0.502 e. The minimum atomic E-state index is -0.844. The lowest BCUT2D eigenvalue weighted by molar-refractivity contribution is -0.138. The Hall–Kier alpha value is -2.66. The Kier molecular flexibility index (Phi) is 3.88. The van der Waals surface area contributed by atoms with Crippen LogP contribution in [0, 0.1) is 5.82 Å². The average Bonchev–Trinajstić information content (AvgIpc) is 2.74. The molecular weight excluding hydrogens is 321 g/mol. The van der Waals surface area contributed by atoms with Crippen LogP contribution in [0.15, 0.2) is 54.3 Å². The molecule has 0 saturated carbocycles. The van der Waals surface area contributed by atoms with E-state index in [0.29, 0.717) is 10.6 Å². The van der Waals surface area contributed by atoms with Gasteiger partial charge < -0.3 is 5.11 Å². The summed E-state index contributed by atoms with van der Waals surface area (Å²) in [5.41, 5.74) is 0.462. The summed E-state index contributed by atoms with van der Waals surface area (Å²) in [4.78, 5) is 25.4. The Balaban J connectivity index is 1.93. The topological polar surface area (TPSA) is 57.6 Å². The predicted molar refractivity (Wildman–Crippen MR) is 83.0 cm³/mol. The normalized spacial score (nSPS) is 14.8. The minimum absolute atomic E-state index is 0.108. The lowest BCUT2D eigenvalue weighted by atomic mass is 10.1. The van der Waals surface area contributed by atoms with E-state index in [1.165, 1.54) is 30.3 Å².